The van der Waals surface area contributed by atoms with Gasteiger partial charge in [-0.25, -0.2) is 4.79 Å². The van der Waals surface area contributed by atoms with Gasteiger partial charge in [-0.15, -0.1) is 0 Å². The first kappa shape index (κ1) is 18.4. The Hall–Kier alpha value is -3.35. The van der Waals surface area contributed by atoms with Gasteiger partial charge < -0.3 is 19.5 Å². The Morgan fingerprint density at radius 1 is 1.37 bits per heavy atom. The molecule has 0 spiro atoms. The normalized spacial score (nSPS) is 17.2. The van der Waals surface area contributed by atoms with Gasteiger partial charge in [-0.05, 0) is 25.7 Å². The van der Waals surface area contributed by atoms with Gasteiger partial charge in [-0.3, -0.25) is 14.9 Å². The molecule has 0 aromatic heterocycles. The van der Waals surface area contributed by atoms with E-state index in [1.54, 1.807) is 6.92 Å². The maximum atomic E-state index is 12.3. The Balaban J connectivity index is 1.69. The quantitative estimate of drug-likeness (QED) is 0.446. The molecule has 27 heavy (non-hydrogen) atoms. The second kappa shape index (κ2) is 7.11. The third kappa shape index (κ3) is 3.92. The van der Waals surface area contributed by atoms with Crippen LogP contribution in [0.15, 0.2) is 12.1 Å². The van der Waals surface area contributed by atoms with Crippen LogP contribution in [-0.4, -0.2) is 42.2 Å². The summed E-state index contributed by atoms with van der Waals surface area (Å²) in [7, 11) is 0. The van der Waals surface area contributed by atoms with Crippen LogP contribution in [0.25, 0.3) is 0 Å². The van der Waals surface area contributed by atoms with E-state index in [1.165, 1.54) is 0 Å². The fourth-order valence-electron chi connectivity index (χ4n) is 2.81. The second-order valence-corrected chi connectivity index (χ2v) is 6.48. The molecule has 1 aliphatic carbocycles. The maximum absolute atomic E-state index is 12.3. The Morgan fingerprint density at radius 3 is 2.56 bits per heavy atom. The topological polar surface area (TPSA) is 141 Å². The monoisotopic (exact) mass is 375 g/mol. The summed E-state index contributed by atoms with van der Waals surface area (Å²) in [5.74, 6) is -1.27. The molecular formula is C17H17N3O7. The average molecular weight is 375 g/mol. The number of nitro benzene ring substituents is 1. The number of carbonyl (C=O) groups is 2. The molecule has 1 fully saturated rings. The van der Waals surface area contributed by atoms with E-state index in [1.807, 2.05) is 0 Å². The molecule has 1 aromatic rings. The smallest absolute Gasteiger partial charge is 0.345 e. The van der Waals surface area contributed by atoms with E-state index in [-0.39, 0.29) is 36.2 Å². The molecule has 1 amide bonds. The Morgan fingerprint density at radius 2 is 2.00 bits per heavy atom. The zero-order valence-electron chi connectivity index (χ0n) is 14.5. The standard InChI is InChI=1S/C17H17N3O7/c1-17(9-18,10-2-3-10)19-15(21)8-27-16(22)11-6-13-14(26-5-4-25-13)7-12(11)20(23)24/h6-7,10H,2-5,8H2,1H3,(H,19,21)/t17-/m1/s1. The van der Waals surface area contributed by atoms with Crippen molar-refractivity contribution in [2.45, 2.75) is 25.3 Å². The number of hydrogen-bond acceptors (Lipinski definition) is 8. The summed E-state index contributed by atoms with van der Waals surface area (Å²) in [4.78, 5) is 34.8. The van der Waals surface area contributed by atoms with Crippen LogP contribution < -0.4 is 14.8 Å². The SMILES string of the molecule is C[C@](C#N)(NC(=O)COC(=O)c1cc2c(cc1[N+](=O)[O-])OCCO2)C1CC1. The predicted molar refractivity (Wildman–Crippen MR) is 89.3 cm³/mol. The van der Waals surface area contributed by atoms with Gasteiger partial charge in [-0.1, -0.05) is 0 Å². The number of esters is 1. The van der Waals surface area contributed by atoms with Crippen molar-refractivity contribution in [1.82, 2.24) is 5.32 Å². The summed E-state index contributed by atoms with van der Waals surface area (Å²) in [6.07, 6.45) is 1.68. The van der Waals surface area contributed by atoms with E-state index in [4.69, 9.17) is 14.2 Å². The maximum Gasteiger partial charge on any atom is 0.345 e. The minimum Gasteiger partial charge on any atom is -0.486 e. The highest BCUT2D eigenvalue weighted by molar-refractivity contribution is 5.96. The summed E-state index contributed by atoms with van der Waals surface area (Å²) in [5, 5.41) is 23.0. The van der Waals surface area contributed by atoms with Crippen molar-refractivity contribution in [2.24, 2.45) is 5.92 Å². The molecule has 1 atom stereocenters. The number of fused-ring (bicyclic) bond motifs is 1. The Kier molecular flexibility index (Phi) is 4.85. The largest absolute Gasteiger partial charge is 0.486 e. The van der Waals surface area contributed by atoms with Crippen LogP contribution in [-0.2, 0) is 9.53 Å². The van der Waals surface area contributed by atoms with Crippen molar-refractivity contribution >= 4 is 17.6 Å². The first-order valence-electron chi connectivity index (χ1n) is 8.31. The predicted octanol–water partition coefficient (Wildman–Crippen LogP) is 1.33. The van der Waals surface area contributed by atoms with Gasteiger partial charge in [0.1, 0.15) is 24.3 Å². The molecule has 0 saturated heterocycles. The molecule has 142 valence electrons. The lowest BCUT2D eigenvalue weighted by molar-refractivity contribution is -0.385. The average Bonchev–Trinajstić information content (AvgIpc) is 3.50. The molecule has 2 aliphatic rings. The number of nitro groups is 1. The van der Waals surface area contributed by atoms with Crippen molar-refractivity contribution in [1.29, 1.82) is 5.26 Å². The molecule has 10 heteroatoms. The minimum atomic E-state index is -1.04. The molecule has 1 N–H and O–H groups in total. The fraction of sp³-hybridized carbons (Fsp3) is 0.471. The number of benzene rings is 1. The van der Waals surface area contributed by atoms with E-state index in [0.717, 1.165) is 25.0 Å². The number of nitrogens with one attached hydrogen (secondary N) is 1. The first-order chi connectivity index (χ1) is 12.8. The summed E-state index contributed by atoms with van der Waals surface area (Å²) in [5.41, 5.74) is -1.88. The molecule has 3 rings (SSSR count). The minimum absolute atomic E-state index is 0.0704. The van der Waals surface area contributed by atoms with E-state index >= 15 is 0 Å². The molecular weight excluding hydrogens is 358 g/mol. The number of carbonyl (C=O) groups excluding carboxylic acids is 2. The zero-order chi connectivity index (χ0) is 19.6. The summed E-state index contributed by atoms with van der Waals surface area (Å²) < 4.78 is 15.5. The molecule has 1 aromatic carbocycles. The molecule has 0 radical (unpaired) electrons. The molecule has 1 heterocycles. The molecule has 1 aliphatic heterocycles. The van der Waals surface area contributed by atoms with Gasteiger partial charge in [-0.2, -0.15) is 5.26 Å². The van der Waals surface area contributed by atoms with Gasteiger partial charge >= 0.3 is 5.97 Å². The van der Waals surface area contributed by atoms with Crippen LogP contribution in [0.4, 0.5) is 5.69 Å². The number of amides is 1. The number of hydrogen-bond donors (Lipinski definition) is 1. The molecule has 0 bridgehead atoms. The van der Waals surface area contributed by atoms with Crippen LogP contribution in [0, 0.1) is 27.4 Å². The number of rotatable bonds is 6. The van der Waals surface area contributed by atoms with Crippen LogP contribution in [0.1, 0.15) is 30.1 Å². The third-order valence-electron chi connectivity index (χ3n) is 4.44. The van der Waals surface area contributed by atoms with Crippen molar-refractivity contribution in [3.05, 3.63) is 27.8 Å². The van der Waals surface area contributed by atoms with E-state index < -0.39 is 34.6 Å². The third-order valence-corrected chi connectivity index (χ3v) is 4.44. The van der Waals surface area contributed by atoms with E-state index in [2.05, 4.69) is 11.4 Å². The van der Waals surface area contributed by atoms with Gasteiger partial charge in [0, 0.05) is 6.07 Å². The van der Waals surface area contributed by atoms with Gasteiger partial charge in [0.05, 0.1) is 17.1 Å². The zero-order valence-corrected chi connectivity index (χ0v) is 14.5. The van der Waals surface area contributed by atoms with Gasteiger partial charge in [0.15, 0.2) is 18.1 Å². The van der Waals surface area contributed by atoms with Crippen molar-refractivity contribution in [3.8, 4) is 17.6 Å². The molecule has 10 nitrogen and oxygen atoms in total. The number of nitrogens with zero attached hydrogens (tertiary/aromatic N) is 2. The lowest BCUT2D eigenvalue weighted by Gasteiger charge is -2.22. The fourth-order valence-corrected chi connectivity index (χ4v) is 2.81. The molecule has 0 unspecified atom stereocenters. The summed E-state index contributed by atoms with van der Waals surface area (Å²) in [6.45, 7) is 1.44. The Bertz CT molecular complexity index is 844. The number of nitriles is 1. The van der Waals surface area contributed by atoms with Crippen LogP contribution in [0.5, 0.6) is 11.5 Å². The lowest BCUT2D eigenvalue weighted by atomic mass is 9.98. The van der Waals surface area contributed by atoms with Crippen LogP contribution >= 0.6 is 0 Å². The van der Waals surface area contributed by atoms with E-state index in [9.17, 15) is 25.0 Å². The highest BCUT2D eigenvalue weighted by Crippen LogP contribution is 2.39. The van der Waals surface area contributed by atoms with Crippen molar-refractivity contribution in [2.75, 3.05) is 19.8 Å². The highest BCUT2D eigenvalue weighted by Gasteiger charge is 2.43. The summed E-state index contributed by atoms with van der Waals surface area (Å²) >= 11 is 0. The lowest BCUT2D eigenvalue weighted by Crippen LogP contribution is -2.48. The number of ether oxygens (including phenoxy) is 3. The van der Waals surface area contributed by atoms with Crippen molar-refractivity contribution < 1.29 is 28.7 Å². The van der Waals surface area contributed by atoms with Gasteiger partial charge in [0.2, 0.25) is 0 Å². The summed E-state index contributed by atoms with van der Waals surface area (Å²) in [6, 6.07) is 4.31. The van der Waals surface area contributed by atoms with Crippen LogP contribution in [0.3, 0.4) is 0 Å². The van der Waals surface area contributed by atoms with E-state index in [0.29, 0.717) is 0 Å². The van der Waals surface area contributed by atoms with Crippen molar-refractivity contribution in [3.63, 3.8) is 0 Å². The first-order valence-corrected chi connectivity index (χ1v) is 8.31. The highest BCUT2D eigenvalue weighted by atomic mass is 16.6. The van der Waals surface area contributed by atoms with Crippen LogP contribution in [0.2, 0.25) is 0 Å². The van der Waals surface area contributed by atoms with Gasteiger partial charge in [0.25, 0.3) is 11.6 Å². The Labute approximate surface area is 154 Å². The second-order valence-electron chi connectivity index (χ2n) is 6.48. The molecule has 1 saturated carbocycles.